The molecule has 0 N–H and O–H groups in total. The van der Waals surface area contributed by atoms with Gasteiger partial charge in [0.05, 0.1) is 23.0 Å². The highest BCUT2D eigenvalue weighted by atomic mass is 32.2. The van der Waals surface area contributed by atoms with Gasteiger partial charge >= 0.3 is 0 Å². The van der Waals surface area contributed by atoms with Crippen LogP contribution in [0.3, 0.4) is 0 Å². The van der Waals surface area contributed by atoms with Gasteiger partial charge in [-0.2, -0.15) is 0 Å². The molecule has 1 aliphatic carbocycles. The number of ether oxygens (including phenoxy) is 4. The van der Waals surface area contributed by atoms with Gasteiger partial charge in [0, 0.05) is 11.5 Å². The molecule has 0 aromatic heterocycles. The molecule has 0 bridgehead atoms. The van der Waals surface area contributed by atoms with Crippen molar-refractivity contribution in [3.05, 3.63) is 53.1 Å². The van der Waals surface area contributed by atoms with E-state index in [2.05, 4.69) is 33.9 Å². The summed E-state index contributed by atoms with van der Waals surface area (Å²) in [5.74, 6) is -2.74. The highest BCUT2D eigenvalue weighted by Gasteiger charge is 2.65. The van der Waals surface area contributed by atoms with Crippen molar-refractivity contribution in [1.82, 2.24) is 4.31 Å². The molecule has 4 aliphatic rings. The average molecular weight is 630 g/mol. The molecular formula is C31H39NO9SSi. The molecular weight excluding hydrogens is 590 g/mol. The number of sulfonamides is 1. The lowest BCUT2D eigenvalue weighted by Gasteiger charge is -2.53. The predicted molar refractivity (Wildman–Crippen MR) is 159 cm³/mol. The van der Waals surface area contributed by atoms with E-state index >= 15 is 0 Å². The van der Waals surface area contributed by atoms with Crippen LogP contribution >= 0.6 is 0 Å². The van der Waals surface area contributed by atoms with Crippen LogP contribution < -0.4 is 9.47 Å². The number of nitrogens with zero attached hydrogens (tertiary/aromatic N) is 1. The molecule has 3 heterocycles. The number of aryl methyl sites for hydroxylation is 1. The molecule has 10 nitrogen and oxygen atoms in total. The van der Waals surface area contributed by atoms with E-state index in [1.54, 1.807) is 32.0 Å². The summed E-state index contributed by atoms with van der Waals surface area (Å²) in [5, 5.41) is -0.186. The minimum absolute atomic E-state index is 0.0318. The average Bonchev–Trinajstić information content (AvgIpc) is 3.50. The van der Waals surface area contributed by atoms with Crippen LogP contribution in [0, 0.1) is 12.8 Å². The lowest BCUT2D eigenvalue weighted by Crippen LogP contribution is -2.67. The maximum absolute atomic E-state index is 14.4. The zero-order chi connectivity index (χ0) is 31.3. The second-order valence-electron chi connectivity index (χ2n) is 13.8. The zero-order valence-corrected chi connectivity index (χ0v) is 27.6. The fourth-order valence-electron chi connectivity index (χ4n) is 6.45. The van der Waals surface area contributed by atoms with Crippen molar-refractivity contribution >= 4 is 30.5 Å². The number of hydrogen-bond donors (Lipinski definition) is 0. The van der Waals surface area contributed by atoms with Gasteiger partial charge in [-0.05, 0) is 68.7 Å². The number of carbonyl (C=O) groups is 2. The lowest BCUT2D eigenvalue weighted by atomic mass is 9.66. The Labute approximate surface area is 253 Å². The van der Waals surface area contributed by atoms with Gasteiger partial charge in [-0.25, -0.2) is 12.7 Å². The molecule has 2 aromatic carbocycles. The molecule has 6 atom stereocenters. The van der Waals surface area contributed by atoms with Crippen molar-refractivity contribution in [2.75, 3.05) is 6.79 Å². The van der Waals surface area contributed by atoms with Crippen LogP contribution in [0.1, 0.15) is 62.0 Å². The summed E-state index contributed by atoms with van der Waals surface area (Å²) in [6, 6.07) is 8.46. The van der Waals surface area contributed by atoms with Crippen LogP contribution in [0.25, 0.3) is 0 Å². The molecule has 0 radical (unpaired) electrons. The predicted octanol–water partition coefficient (Wildman–Crippen LogP) is 4.76. The number of fused-ring (bicyclic) bond motifs is 6. The molecule has 3 aliphatic heterocycles. The van der Waals surface area contributed by atoms with E-state index in [0.717, 1.165) is 16.2 Å². The zero-order valence-electron chi connectivity index (χ0n) is 25.7. The Balaban J connectivity index is 1.59. The minimum atomic E-state index is -4.41. The second-order valence-corrected chi connectivity index (χ2v) is 20.4. The van der Waals surface area contributed by atoms with Gasteiger partial charge in [0.25, 0.3) is 15.9 Å². The van der Waals surface area contributed by atoms with Gasteiger partial charge in [0.1, 0.15) is 18.5 Å². The van der Waals surface area contributed by atoms with Crippen LogP contribution in [0.5, 0.6) is 11.5 Å². The van der Waals surface area contributed by atoms with Crippen LogP contribution in [-0.2, 0) is 28.7 Å². The van der Waals surface area contributed by atoms with E-state index in [9.17, 15) is 18.0 Å². The molecule has 43 heavy (non-hydrogen) atoms. The molecule has 6 rings (SSSR count). The Bertz CT molecular complexity index is 1580. The van der Waals surface area contributed by atoms with Crippen molar-refractivity contribution in [3.63, 3.8) is 0 Å². The Hall–Kier alpha value is -2.77. The van der Waals surface area contributed by atoms with E-state index in [0.29, 0.717) is 17.1 Å². The maximum Gasteiger partial charge on any atom is 0.268 e. The normalized spacial score (nSPS) is 29.6. The quantitative estimate of drug-likeness (QED) is 0.341. The Morgan fingerprint density at radius 3 is 2.23 bits per heavy atom. The number of aldehydes is 1. The minimum Gasteiger partial charge on any atom is -0.454 e. The Kier molecular flexibility index (Phi) is 6.94. The first-order valence-electron chi connectivity index (χ1n) is 14.5. The highest BCUT2D eigenvalue weighted by molar-refractivity contribution is 7.89. The van der Waals surface area contributed by atoms with E-state index in [1.807, 2.05) is 6.92 Å². The summed E-state index contributed by atoms with van der Waals surface area (Å²) in [7, 11) is -6.90. The number of carbonyl (C=O) groups excluding carboxylic acids is 2. The van der Waals surface area contributed by atoms with Crippen LogP contribution in [-0.4, -0.2) is 70.2 Å². The van der Waals surface area contributed by atoms with E-state index in [1.165, 1.54) is 18.2 Å². The molecule has 232 valence electrons. The first kappa shape index (κ1) is 30.3. The van der Waals surface area contributed by atoms with Crippen LogP contribution in [0.4, 0.5) is 0 Å². The van der Waals surface area contributed by atoms with E-state index in [-0.39, 0.29) is 22.3 Å². The summed E-state index contributed by atoms with van der Waals surface area (Å²) in [5.41, 5.74) is 1.51. The number of rotatable bonds is 5. The topological polar surface area (TPSA) is 118 Å². The first-order chi connectivity index (χ1) is 20.0. The van der Waals surface area contributed by atoms with Crippen molar-refractivity contribution in [2.45, 2.75) is 101 Å². The molecule has 12 heteroatoms. The fourth-order valence-corrected chi connectivity index (χ4v) is 9.37. The molecule has 0 spiro atoms. The van der Waals surface area contributed by atoms with Crippen LogP contribution in [0.2, 0.25) is 18.1 Å². The summed E-state index contributed by atoms with van der Waals surface area (Å²) < 4.78 is 60.8. The number of amides is 1. The molecule has 1 saturated heterocycles. The fraction of sp³-hybridized carbons (Fsp3) is 0.548. The summed E-state index contributed by atoms with van der Waals surface area (Å²) in [4.78, 5) is 27.6. The molecule has 1 amide bonds. The smallest absolute Gasteiger partial charge is 0.268 e. The first-order valence-corrected chi connectivity index (χ1v) is 18.9. The third kappa shape index (κ3) is 4.73. The van der Waals surface area contributed by atoms with Crippen molar-refractivity contribution in [1.29, 1.82) is 0 Å². The second kappa shape index (κ2) is 9.87. The largest absolute Gasteiger partial charge is 0.454 e. The number of hydrogen-bond acceptors (Lipinski definition) is 9. The van der Waals surface area contributed by atoms with Gasteiger partial charge in [-0.1, -0.05) is 38.5 Å². The van der Waals surface area contributed by atoms with Gasteiger partial charge in [-0.3, -0.25) is 4.79 Å². The van der Waals surface area contributed by atoms with E-state index in [4.69, 9.17) is 23.4 Å². The standard InChI is InChI=1S/C31H39NO9SSi/c1-17-9-11-18(12-10-17)42(35,36)32-25-24(19-13-22-23(38-16-37-22)14-20(19)29(32)34)21(15-33)26(41-43(7,8)30(2,3)4)28-27(25)39-31(5,6)40-28/h9-15,21,24-28H,16H2,1-8H3/t21-,24+,25-,26+,27+,28-/m1/s1. The van der Waals surface area contributed by atoms with Crippen molar-refractivity contribution < 1.29 is 41.4 Å². The maximum atomic E-state index is 14.4. The van der Waals surface area contributed by atoms with Crippen molar-refractivity contribution in [3.8, 4) is 11.5 Å². The monoisotopic (exact) mass is 629 g/mol. The molecule has 0 unspecified atom stereocenters. The van der Waals surface area contributed by atoms with Crippen LogP contribution in [0.15, 0.2) is 41.3 Å². The highest BCUT2D eigenvalue weighted by Crippen LogP contribution is 2.55. The van der Waals surface area contributed by atoms with Gasteiger partial charge < -0.3 is 28.2 Å². The van der Waals surface area contributed by atoms with Gasteiger partial charge in [-0.15, -0.1) is 0 Å². The SMILES string of the molecule is Cc1ccc(S(=O)(=O)N2C(=O)c3cc4c(cc3[C@H]3[C@@H](C=O)[C@H](O[Si](C)(C)C(C)(C)C)[C@H]5OC(C)(C)O[C@H]5[C@@H]32)OCO4)cc1. The third-order valence-electron chi connectivity index (χ3n) is 9.56. The summed E-state index contributed by atoms with van der Waals surface area (Å²) in [6.07, 6.45) is -1.64. The van der Waals surface area contributed by atoms with E-state index < -0.39 is 66.2 Å². The summed E-state index contributed by atoms with van der Waals surface area (Å²) in [6.45, 7) is 15.8. The van der Waals surface area contributed by atoms with Gasteiger partial charge in [0.2, 0.25) is 6.79 Å². The molecule has 2 aromatic rings. The molecule has 1 saturated carbocycles. The summed E-state index contributed by atoms with van der Waals surface area (Å²) >= 11 is 0. The lowest BCUT2D eigenvalue weighted by molar-refractivity contribution is -0.155. The Morgan fingerprint density at radius 1 is 1.02 bits per heavy atom. The Morgan fingerprint density at radius 2 is 1.63 bits per heavy atom. The molecule has 2 fully saturated rings. The van der Waals surface area contributed by atoms with Crippen molar-refractivity contribution in [2.24, 2.45) is 5.92 Å². The third-order valence-corrected chi connectivity index (χ3v) is 15.8. The number of benzene rings is 2. The van der Waals surface area contributed by atoms with Gasteiger partial charge in [0.15, 0.2) is 25.6 Å².